The molecular weight excluding hydrogens is 405 g/mol. The van der Waals surface area contributed by atoms with E-state index in [1.54, 1.807) is 0 Å². The van der Waals surface area contributed by atoms with Crippen molar-refractivity contribution >= 4 is 38.5 Å². The van der Waals surface area contributed by atoms with Crippen molar-refractivity contribution in [1.82, 2.24) is 15.1 Å². The fourth-order valence-corrected chi connectivity index (χ4v) is 3.05. The molecule has 18 heavy (non-hydrogen) atoms. The molecule has 0 bridgehead atoms. The van der Waals surface area contributed by atoms with Crippen LogP contribution in [0.1, 0.15) is 17.2 Å². The SMILES string of the molecule is CNC(Cc1cnn(C)c1)c1cc(Br)ccc1I. The molecule has 0 amide bonds. The average Bonchev–Trinajstić information content (AvgIpc) is 2.75. The summed E-state index contributed by atoms with van der Waals surface area (Å²) < 4.78 is 4.23. The van der Waals surface area contributed by atoms with Crippen molar-refractivity contribution in [3.8, 4) is 0 Å². The van der Waals surface area contributed by atoms with Crippen LogP contribution in [-0.4, -0.2) is 16.8 Å². The molecular formula is C13H15BrIN3. The van der Waals surface area contributed by atoms with Gasteiger partial charge in [0.15, 0.2) is 0 Å². The fourth-order valence-electron chi connectivity index (χ4n) is 1.96. The molecule has 0 aliphatic rings. The molecule has 1 aromatic carbocycles. The standard InChI is InChI=1S/C13H15BrIN3/c1-16-13(5-9-7-17-18(2)8-9)11-6-10(14)3-4-12(11)15/h3-4,6-8,13,16H,5H2,1-2H3. The summed E-state index contributed by atoms with van der Waals surface area (Å²) in [6.45, 7) is 0. The van der Waals surface area contributed by atoms with Gasteiger partial charge >= 0.3 is 0 Å². The first-order chi connectivity index (χ1) is 8.60. The maximum atomic E-state index is 4.22. The highest BCUT2D eigenvalue weighted by atomic mass is 127. The smallest absolute Gasteiger partial charge is 0.0522 e. The van der Waals surface area contributed by atoms with Crippen molar-refractivity contribution in [1.29, 1.82) is 0 Å². The molecule has 0 radical (unpaired) electrons. The summed E-state index contributed by atoms with van der Waals surface area (Å²) in [5, 5.41) is 7.60. The molecule has 1 aromatic heterocycles. The van der Waals surface area contributed by atoms with Gasteiger partial charge in [-0.2, -0.15) is 5.10 Å². The molecule has 0 saturated heterocycles. The maximum absolute atomic E-state index is 4.22. The van der Waals surface area contributed by atoms with Crippen molar-refractivity contribution in [2.24, 2.45) is 7.05 Å². The molecule has 0 spiro atoms. The summed E-state index contributed by atoms with van der Waals surface area (Å²) >= 11 is 5.92. The van der Waals surface area contributed by atoms with E-state index in [0.717, 1.165) is 10.9 Å². The second-order valence-electron chi connectivity index (χ2n) is 4.23. The van der Waals surface area contributed by atoms with Crippen molar-refractivity contribution in [2.75, 3.05) is 7.05 Å². The van der Waals surface area contributed by atoms with E-state index in [0.29, 0.717) is 6.04 Å². The molecule has 1 heterocycles. The van der Waals surface area contributed by atoms with Gasteiger partial charge in [-0.15, -0.1) is 0 Å². The number of rotatable bonds is 4. The number of benzene rings is 1. The highest BCUT2D eigenvalue weighted by Gasteiger charge is 2.14. The molecule has 3 nitrogen and oxygen atoms in total. The zero-order valence-electron chi connectivity index (χ0n) is 10.3. The summed E-state index contributed by atoms with van der Waals surface area (Å²) in [6, 6.07) is 6.69. The monoisotopic (exact) mass is 419 g/mol. The molecule has 0 aliphatic heterocycles. The van der Waals surface area contributed by atoms with Gasteiger partial charge < -0.3 is 5.32 Å². The van der Waals surface area contributed by atoms with Gasteiger partial charge in [-0.25, -0.2) is 0 Å². The third-order valence-electron chi connectivity index (χ3n) is 2.88. The number of nitrogens with one attached hydrogen (secondary N) is 1. The molecule has 1 unspecified atom stereocenters. The van der Waals surface area contributed by atoms with Crippen LogP contribution in [0.2, 0.25) is 0 Å². The first-order valence-electron chi connectivity index (χ1n) is 5.70. The lowest BCUT2D eigenvalue weighted by Crippen LogP contribution is -2.19. The number of aryl methyl sites for hydroxylation is 1. The maximum Gasteiger partial charge on any atom is 0.0522 e. The first kappa shape index (κ1) is 14.0. The Balaban J connectivity index is 2.25. The third kappa shape index (κ3) is 3.33. The van der Waals surface area contributed by atoms with Gasteiger partial charge in [-0.3, -0.25) is 4.68 Å². The molecule has 96 valence electrons. The highest BCUT2D eigenvalue weighted by molar-refractivity contribution is 14.1. The van der Waals surface area contributed by atoms with E-state index in [4.69, 9.17) is 0 Å². The van der Waals surface area contributed by atoms with E-state index in [1.807, 2.05) is 25.0 Å². The van der Waals surface area contributed by atoms with Gasteiger partial charge in [0.05, 0.1) is 6.20 Å². The summed E-state index contributed by atoms with van der Waals surface area (Å²) in [5.41, 5.74) is 2.56. The van der Waals surface area contributed by atoms with Gasteiger partial charge in [-0.1, -0.05) is 15.9 Å². The normalized spacial score (nSPS) is 12.7. The summed E-state index contributed by atoms with van der Waals surface area (Å²) in [4.78, 5) is 0. The van der Waals surface area contributed by atoms with Gasteiger partial charge in [0.2, 0.25) is 0 Å². The number of hydrogen-bond donors (Lipinski definition) is 1. The Kier molecular flexibility index (Phi) is 4.80. The van der Waals surface area contributed by atoms with E-state index < -0.39 is 0 Å². The second kappa shape index (κ2) is 6.16. The van der Waals surface area contributed by atoms with Crippen LogP contribution in [0.5, 0.6) is 0 Å². The molecule has 2 aromatic rings. The van der Waals surface area contributed by atoms with Crippen molar-refractivity contribution < 1.29 is 0 Å². The third-order valence-corrected chi connectivity index (χ3v) is 4.36. The van der Waals surface area contributed by atoms with Crippen LogP contribution in [0, 0.1) is 3.57 Å². The van der Waals surface area contributed by atoms with Crippen molar-refractivity contribution in [3.05, 3.63) is 49.8 Å². The Labute approximate surface area is 129 Å². The van der Waals surface area contributed by atoms with Crippen molar-refractivity contribution in [2.45, 2.75) is 12.5 Å². The zero-order chi connectivity index (χ0) is 13.1. The molecule has 5 heteroatoms. The molecule has 0 saturated carbocycles. The lowest BCUT2D eigenvalue weighted by molar-refractivity contribution is 0.589. The van der Waals surface area contributed by atoms with Gasteiger partial charge in [-0.05, 0) is 65.4 Å². The average molecular weight is 420 g/mol. The van der Waals surface area contributed by atoms with E-state index in [-0.39, 0.29) is 0 Å². The number of halogens is 2. The lowest BCUT2D eigenvalue weighted by Gasteiger charge is -2.17. The van der Waals surface area contributed by atoms with Crippen LogP contribution in [-0.2, 0) is 13.5 Å². The number of likely N-dealkylation sites (N-methyl/N-ethyl adjacent to an activating group) is 1. The summed E-state index contributed by atoms with van der Waals surface area (Å²) in [6.07, 6.45) is 4.93. The van der Waals surface area contributed by atoms with Crippen LogP contribution in [0.15, 0.2) is 35.1 Å². The van der Waals surface area contributed by atoms with Crippen LogP contribution < -0.4 is 5.32 Å². The quantitative estimate of drug-likeness (QED) is 0.770. The second-order valence-corrected chi connectivity index (χ2v) is 6.31. The van der Waals surface area contributed by atoms with Gasteiger partial charge in [0, 0.05) is 27.3 Å². The van der Waals surface area contributed by atoms with E-state index >= 15 is 0 Å². The van der Waals surface area contributed by atoms with Crippen LogP contribution in [0.3, 0.4) is 0 Å². The van der Waals surface area contributed by atoms with Crippen LogP contribution in [0.4, 0.5) is 0 Å². The predicted octanol–water partition coefficient (Wildman–Crippen LogP) is 3.29. The van der Waals surface area contributed by atoms with Gasteiger partial charge in [0.1, 0.15) is 0 Å². The Hall–Kier alpha value is -0.400. The Morgan fingerprint density at radius 1 is 1.50 bits per heavy atom. The molecule has 0 fully saturated rings. The lowest BCUT2D eigenvalue weighted by atomic mass is 10.0. The fraction of sp³-hybridized carbons (Fsp3) is 0.308. The molecule has 1 atom stereocenters. The zero-order valence-corrected chi connectivity index (χ0v) is 14.1. The van der Waals surface area contributed by atoms with E-state index in [1.165, 1.54) is 14.7 Å². The molecule has 0 aliphatic carbocycles. The number of aromatic nitrogens is 2. The van der Waals surface area contributed by atoms with Gasteiger partial charge in [0.25, 0.3) is 0 Å². The summed E-state index contributed by atoms with van der Waals surface area (Å²) in [5.74, 6) is 0. The Morgan fingerprint density at radius 2 is 2.28 bits per heavy atom. The van der Waals surface area contributed by atoms with Crippen LogP contribution >= 0.6 is 38.5 Å². The molecule has 1 N–H and O–H groups in total. The van der Waals surface area contributed by atoms with E-state index in [2.05, 4.69) is 73.3 Å². The highest BCUT2D eigenvalue weighted by Crippen LogP contribution is 2.26. The topological polar surface area (TPSA) is 29.9 Å². The van der Waals surface area contributed by atoms with Crippen LogP contribution in [0.25, 0.3) is 0 Å². The minimum atomic E-state index is 0.304. The van der Waals surface area contributed by atoms with Crippen molar-refractivity contribution in [3.63, 3.8) is 0 Å². The number of nitrogens with zero attached hydrogens (tertiary/aromatic N) is 2. The Bertz CT molecular complexity index is 539. The molecule has 2 rings (SSSR count). The number of hydrogen-bond acceptors (Lipinski definition) is 2. The van der Waals surface area contributed by atoms with E-state index in [9.17, 15) is 0 Å². The largest absolute Gasteiger partial charge is 0.313 e. The summed E-state index contributed by atoms with van der Waals surface area (Å²) in [7, 11) is 3.94. The minimum absolute atomic E-state index is 0.304. The first-order valence-corrected chi connectivity index (χ1v) is 7.57. The predicted molar refractivity (Wildman–Crippen MR) is 85.6 cm³/mol. The Morgan fingerprint density at radius 3 is 2.89 bits per heavy atom. The minimum Gasteiger partial charge on any atom is -0.313 e.